The van der Waals surface area contributed by atoms with E-state index in [-0.39, 0.29) is 13.1 Å². The second kappa shape index (κ2) is 6.63. The molecule has 7 nitrogen and oxygen atoms in total. The van der Waals surface area contributed by atoms with Crippen LogP contribution in [0.15, 0.2) is 30.3 Å². The van der Waals surface area contributed by atoms with Crippen LogP contribution in [0.2, 0.25) is 0 Å². The van der Waals surface area contributed by atoms with Crippen LogP contribution in [0.1, 0.15) is 5.56 Å². The number of carbonyl (C=O) groups excluding carboxylic acids is 1. The molecule has 0 bridgehead atoms. The van der Waals surface area contributed by atoms with Gasteiger partial charge >= 0.3 is 7.60 Å². The van der Waals surface area contributed by atoms with Gasteiger partial charge in [-0.05, 0) is 5.56 Å². The number of amides is 1. The maximum absolute atomic E-state index is 11.5. The van der Waals surface area contributed by atoms with Gasteiger partial charge in [0.05, 0.1) is 13.1 Å². The summed E-state index contributed by atoms with van der Waals surface area (Å²) in [6, 6.07) is 8.85. The molecule has 0 spiro atoms. The molecule has 0 heterocycles. The molecule has 1 aromatic carbocycles. The minimum Gasteiger partial charge on any atom is -0.324 e. The zero-order valence-electron chi connectivity index (χ0n) is 9.56. The van der Waals surface area contributed by atoms with Gasteiger partial charge in [0.2, 0.25) is 0 Å². The van der Waals surface area contributed by atoms with Crippen molar-refractivity contribution < 1.29 is 24.4 Å². The van der Waals surface area contributed by atoms with Crippen molar-refractivity contribution in [2.45, 2.75) is 6.42 Å². The van der Waals surface area contributed by atoms with Gasteiger partial charge in [-0.15, -0.1) is 0 Å². The average Bonchev–Trinajstić information content (AvgIpc) is 2.28. The van der Waals surface area contributed by atoms with Crippen molar-refractivity contribution in [3.63, 3.8) is 0 Å². The molecule has 1 amide bonds. The van der Waals surface area contributed by atoms with Crippen LogP contribution in [0.25, 0.3) is 0 Å². The first-order valence-corrected chi connectivity index (χ1v) is 6.97. The SMILES string of the molecule is O=C(Cc1ccccc1)N(O)CNCP(=O)(O)O. The van der Waals surface area contributed by atoms with Crippen molar-refractivity contribution in [3.8, 4) is 0 Å². The molecule has 0 radical (unpaired) electrons. The number of hydroxylamine groups is 2. The lowest BCUT2D eigenvalue weighted by atomic mass is 10.1. The van der Waals surface area contributed by atoms with Crippen LogP contribution in [-0.2, 0) is 15.8 Å². The second-order valence-corrected chi connectivity index (χ2v) is 5.33. The molecule has 8 heteroatoms. The fourth-order valence-corrected chi connectivity index (χ4v) is 1.64. The van der Waals surface area contributed by atoms with Crippen LogP contribution in [0, 0.1) is 0 Å². The molecule has 0 aliphatic carbocycles. The lowest BCUT2D eigenvalue weighted by molar-refractivity contribution is -0.165. The Hall–Kier alpha value is -1.24. The predicted molar refractivity (Wildman–Crippen MR) is 63.7 cm³/mol. The summed E-state index contributed by atoms with van der Waals surface area (Å²) in [5.74, 6) is -0.556. The van der Waals surface area contributed by atoms with Crippen molar-refractivity contribution in [2.75, 3.05) is 13.0 Å². The molecule has 0 saturated carbocycles. The first kappa shape index (κ1) is 14.8. The highest BCUT2D eigenvalue weighted by Gasteiger charge is 2.15. The van der Waals surface area contributed by atoms with E-state index in [1.807, 2.05) is 6.07 Å². The Balaban J connectivity index is 2.36. The highest BCUT2D eigenvalue weighted by molar-refractivity contribution is 7.51. The number of nitrogens with one attached hydrogen (secondary N) is 1. The zero-order valence-corrected chi connectivity index (χ0v) is 10.5. The Bertz CT molecular complexity index is 433. The van der Waals surface area contributed by atoms with Crippen LogP contribution < -0.4 is 5.32 Å². The normalized spacial score (nSPS) is 11.3. The Kier molecular flexibility index (Phi) is 5.46. The fraction of sp³-hybridized carbons (Fsp3) is 0.300. The van der Waals surface area contributed by atoms with Gasteiger partial charge in [0.15, 0.2) is 0 Å². The zero-order chi connectivity index (χ0) is 13.6. The molecule has 0 aliphatic rings. The molecule has 4 N–H and O–H groups in total. The molecular weight excluding hydrogens is 259 g/mol. The van der Waals surface area contributed by atoms with E-state index in [1.54, 1.807) is 24.3 Å². The maximum Gasteiger partial charge on any atom is 0.339 e. The van der Waals surface area contributed by atoms with E-state index < -0.39 is 19.8 Å². The second-order valence-electron chi connectivity index (χ2n) is 3.69. The Labute approximate surface area is 104 Å². The van der Waals surface area contributed by atoms with Gasteiger partial charge in [-0.1, -0.05) is 30.3 Å². The van der Waals surface area contributed by atoms with E-state index >= 15 is 0 Å². The largest absolute Gasteiger partial charge is 0.339 e. The van der Waals surface area contributed by atoms with Gasteiger partial charge in [-0.2, -0.15) is 0 Å². The summed E-state index contributed by atoms with van der Waals surface area (Å²) in [5.41, 5.74) is 0.747. The molecule has 0 atom stereocenters. The molecular formula is C10H15N2O5P. The lowest BCUT2D eigenvalue weighted by Crippen LogP contribution is -2.37. The number of rotatable bonds is 6. The standard InChI is InChI=1S/C10H15N2O5P/c13-10(6-9-4-2-1-3-5-9)12(14)7-11-8-18(15,16)17/h1-5,11,14H,6-8H2,(H2,15,16,17). The van der Waals surface area contributed by atoms with E-state index in [4.69, 9.17) is 9.79 Å². The Morgan fingerprint density at radius 2 is 1.89 bits per heavy atom. The van der Waals surface area contributed by atoms with E-state index in [0.717, 1.165) is 5.56 Å². The Morgan fingerprint density at radius 1 is 1.28 bits per heavy atom. The van der Waals surface area contributed by atoms with Gasteiger partial charge in [0.1, 0.15) is 6.29 Å². The highest BCUT2D eigenvalue weighted by Crippen LogP contribution is 2.31. The molecule has 0 fully saturated rings. The summed E-state index contributed by atoms with van der Waals surface area (Å²) >= 11 is 0. The number of nitrogens with zero attached hydrogens (tertiary/aromatic N) is 1. The van der Waals surface area contributed by atoms with E-state index in [2.05, 4.69) is 5.32 Å². The third-order valence-electron chi connectivity index (χ3n) is 2.07. The summed E-state index contributed by atoms with van der Waals surface area (Å²) in [6.07, 6.45) is -0.572. The van der Waals surface area contributed by atoms with Crippen molar-refractivity contribution >= 4 is 13.5 Å². The summed E-state index contributed by atoms with van der Waals surface area (Å²) in [4.78, 5) is 28.6. The van der Waals surface area contributed by atoms with Crippen molar-refractivity contribution in [1.82, 2.24) is 10.4 Å². The number of benzene rings is 1. The van der Waals surface area contributed by atoms with Gasteiger partial charge in [0, 0.05) is 0 Å². The van der Waals surface area contributed by atoms with E-state index in [0.29, 0.717) is 5.06 Å². The first-order valence-electron chi connectivity index (χ1n) is 5.17. The summed E-state index contributed by atoms with van der Waals surface area (Å²) < 4.78 is 10.5. The minimum absolute atomic E-state index is 0.0227. The van der Waals surface area contributed by atoms with E-state index in [9.17, 15) is 14.6 Å². The molecule has 1 aromatic rings. The smallest absolute Gasteiger partial charge is 0.324 e. The van der Waals surface area contributed by atoms with Gasteiger partial charge in [-0.25, -0.2) is 5.06 Å². The number of hydrogen-bond donors (Lipinski definition) is 4. The summed E-state index contributed by atoms with van der Waals surface area (Å²) in [5, 5.41) is 12.0. The Morgan fingerprint density at radius 3 is 2.44 bits per heavy atom. The van der Waals surface area contributed by atoms with Gasteiger partial charge < -0.3 is 9.79 Å². The van der Waals surface area contributed by atoms with E-state index in [1.165, 1.54) is 0 Å². The highest BCUT2D eigenvalue weighted by atomic mass is 31.2. The monoisotopic (exact) mass is 274 g/mol. The van der Waals surface area contributed by atoms with Gasteiger partial charge in [0.25, 0.3) is 5.91 Å². The third kappa shape index (κ3) is 5.90. The van der Waals surface area contributed by atoms with Crippen molar-refractivity contribution in [2.24, 2.45) is 0 Å². The predicted octanol–water partition coefficient (Wildman–Crippen LogP) is 0.129. The molecule has 0 aliphatic heterocycles. The number of hydrogen-bond acceptors (Lipinski definition) is 4. The average molecular weight is 274 g/mol. The molecule has 100 valence electrons. The summed E-state index contributed by atoms with van der Waals surface area (Å²) in [7, 11) is -4.18. The van der Waals surface area contributed by atoms with Crippen molar-refractivity contribution in [1.29, 1.82) is 0 Å². The van der Waals surface area contributed by atoms with Crippen LogP contribution in [0.5, 0.6) is 0 Å². The topological polar surface area (TPSA) is 110 Å². The number of carbonyl (C=O) groups is 1. The fourth-order valence-electron chi connectivity index (χ4n) is 1.25. The van der Waals surface area contributed by atoms with Crippen LogP contribution in [0.4, 0.5) is 0 Å². The van der Waals surface area contributed by atoms with Crippen molar-refractivity contribution in [3.05, 3.63) is 35.9 Å². The maximum atomic E-state index is 11.5. The first-order chi connectivity index (χ1) is 8.38. The summed E-state index contributed by atoms with van der Waals surface area (Å²) in [6.45, 7) is -0.337. The quantitative estimate of drug-likeness (QED) is 0.254. The molecule has 0 saturated heterocycles. The lowest BCUT2D eigenvalue weighted by Gasteiger charge is -2.16. The van der Waals surface area contributed by atoms with Crippen LogP contribution in [0.3, 0.4) is 0 Å². The van der Waals surface area contributed by atoms with Gasteiger partial charge in [-0.3, -0.25) is 19.9 Å². The molecule has 1 rings (SSSR count). The minimum atomic E-state index is -4.18. The molecule has 18 heavy (non-hydrogen) atoms. The van der Waals surface area contributed by atoms with Crippen LogP contribution >= 0.6 is 7.60 Å². The van der Waals surface area contributed by atoms with Crippen LogP contribution in [-0.4, -0.2) is 38.9 Å². The molecule has 0 unspecified atom stereocenters. The molecule has 0 aromatic heterocycles. The third-order valence-corrected chi connectivity index (χ3v) is 2.70.